The van der Waals surface area contributed by atoms with Gasteiger partial charge in [-0.25, -0.2) is 14.0 Å². The van der Waals surface area contributed by atoms with Crippen molar-refractivity contribution >= 4 is 12.0 Å². The van der Waals surface area contributed by atoms with Gasteiger partial charge in [0, 0.05) is 6.42 Å². The Hall–Kier alpha value is -2.00. The zero-order valence-electron chi connectivity index (χ0n) is 7.68. The lowest BCUT2D eigenvalue weighted by atomic mass is 10.1. The first kappa shape index (κ1) is 11.1. The SMILES string of the molecule is O=C=NC(Cc1ccc(F)cc1)C(=O)O. The van der Waals surface area contributed by atoms with Gasteiger partial charge in [0.1, 0.15) is 5.82 Å². The number of aliphatic imine (C=N–C) groups is 1. The van der Waals surface area contributed by atoms with E-state index in [-0.39, 0.29) is 6.42 Å². The van der Waals surface area contributed by atoms with E-state index in [2.05, 4.69) is 4.99 Å². The normalized spacial score (nSPS) is 11.5. The molecular formula is C10H8FNO3. The summed E-state index contributed by atoms with van der Waals surface area (Å²) in [6, 6.07) is 4.18. The van der Waals surface area contributed by atoms with Gasteiger partial charge in [-0.1, -0.05) is 12.1 Å². The Bertz CT molecular complexity index is 394. The molecular weight excluding hydrogens is 201 g/mol. The molecule has 0 heterocycles. The summed E-state index contributed by atoms with van der Waals surface area (Å²) in [6.07, 6.45) is 1.25. The Kier molecular flexibility index (Phi) is 3.71. The van der Waals surface area contributed by atoms with Crippen molar-refractivity contribution in [3.05, 3.63) is 35.6 Å². The van der Waals surface area contributed by atoms with Crippen LogP contribution in [0.4, 0.5) is 4.39 Å². The standard InChI is InChI=1S/C10H8FNO3/c11-8-3-1-7(2-4-8)5-9(10(14)15)12-6-13/h1-4,9H,5H2,(H,14,15). The van der Waals surface area contributed by atoms with Gasteiger partial charge in [0.2, 0.25) is 6.08 Å². The Balaban J connectivity index is 2.78. The molecule has 1 unspecified atom stereocenters. The maximum absolute atomic E-state index is 12.5. The third kappa shape index (κ3) is 3.32. The number of benzene rings is 1. The smallest absolute Gasteiger partial charge is 0.329 e. The Morgan fingerprint density at radius 1 is 1.47 bits per heavy atom. The van der Waals surface area contributed by atoms with Crippen LogP contribution >= 0.6 is 0 Å². The van der Waals surface area contributed by atoms with Crippen molar-refractivity contribution in [2.24, 2.45) is 4.99 Å². The molecule has 1 rings (SSSR count). The van der Waals surface area contributed by atoms with Gasteiger partial charge in [-0.2, -0.15) is 4.99 Å². The molecule has 78 valence electrons. The van der Waals surface area contributed by atoms with Gasteiger partial charge in [-0.3, -0.25) is 0 Å². The molecule has 4 nitrogen and oxygen atoms in total. The number of rotatable bonds is 4. The van der Waals surface area contributed by atoms with Crippen molar-refractivity contribution in [3.8, 4) is 0 Å². The van der Waals surface area contributed by atoms with Crippen LogP contribution in [0.1, 0.15) is 5.56 Å². The average Bonchev–Trinajstić information content (AvgIpc) is 2.20. The van der Waals surface area contributed by atoms with Crippen molar-refractivity contribution < 1.29 is 19.1 Å². The summed E-state index contributed by atoms with van der Waals surface area (Å²) in [6.45, 7) is 0. The minimum Gasteiger partial charge on any atom is -0.480 e. The molecule has 0 aromatic heterocycles. The van der Waals surface area contributed by atoms with Crippen LogP contribution in [0.5, 0.6) is 0 Å². The van der Waals surface area contributed by atoms with E-state index in [0.717, 1.165) is 0 Å². The summed E-state index contributed by atoms with van der Waals surface area (Å²) < 4.78 is 12.5. The van der Waals surface area contributed by atoms with Gasteiger partial charge < -0.3 is 5.11 Å². The van der Waals surface area contributed by atoms with Crippen molar-refractivity contribution in [1.82, 2.24) is 0 Å². The Morgan fingerprint density at radius 2 is 2.07 bits per heavy atom. The van der Waals surface area contributed by atoms with Crippen molar-refractivity contribution in [1.29, 1.82) is 0 Å². The van der Waals surface area contributed by atoms with Crippen LogP contribution in [0.2, 0.25) is 0 Å². The fourth-order valence-electron chi connectivity index (χ4n) is 1.10. The lowest BCUT2D eigenvalue weighted by Gasteiger charge is -2.04. The lowest BCUT2D eigenvalue weighted by molar-refractivity contribution is -0.138. The van der Waals surface area contributed by atoms with Gasteiger partial charge >= 0.3 is 5.97 Å². The molecule has 0 radical (unpaired) electrons. The van der Waals surface area contributed by atoms with Gasteiger partial charge in [0.25, 0.3) is 0 Å². The number of nitrogens with zero attached hydrogens (tertiary/aromatic N) is 1. The molecule has 0 fully saturated rings. The summed E-state index contributed by atoms with van der Waals surface area (Å²) in [5.74, 6) is -1.60. The fourth-order valence-corrected chi connectivity index (χ4v) is 1.10. The maximum Gasteiger partial charge on any atom is 0.329 e. The van der Waals surface area contributed by atoms with E-state index in [1.165, 1.54) is 30.3 Å². The van der Waals surface area contributed by atoms with Crippen LogP contribution in [0.3, 0.4) is 0 Å². The molecule has 0 aliphatic carbocycles. The van der Waals surface area contributed by atoms with E-state index in [1.807, 2.05) is 0 Å². The molecule has 1 aromatic carbocycles. The number of halogens is 1. The van der Waals surface area contributed by atoms with E-state index in [4.69, 9.17) is 5.11 Å². The van der Waals surface area contributed by atoms with Crippen LogP contribution in [0.15, 0.2) is 29.3 Å². The molecule has 1 aromatic rings. The number of carbonyl (C=O) groups excluding carboxylic acids is 1. The molecule has 1 atom stereocenters. The first-order valence-corrected chi connectivity index (χ1v) is 4.17. The second kappa shape index (κ2) is 5.02. The Morgan fingerprint density at radius 3 is 2.53 bits per heavy atom. The molecule has 0 amide bonds. The molecule has 0 spiro atoms. The monoisotopic (exact) mass is 209 g/mol. The zero-order chi connectivity index (χ0) is 11.3. The molecule has 1 N–H and O–H groups in total. The number of carbonyl (C=O) groups is 1. The molecule has 0 saturated heterocycles. The molecule has 15 heavy (non-hydrogen) atoms. The summed E-state index contributed by atoms with van der Waals surface area (Å²) in [7, 11) is 0. The fraction of sp³-hybridized carbons (Fsp3) is 0.200. The van der Waals surface area contributed by atoms with Crippen LogP contribution < -0.4 is 0 Å². The molecule has 0 bridgehead atoms. The van der Waals surface area contributed by atoms with E-state index in [1.54, 1.807) is 0 Å². The van der Waals surface area contributed by atoms with Crippen molar-refractivity contribution in [2.75, 3.05) is 0 Å². The summed E-state index contributed by atoms with van der Waals surface area (Å²) >= 11 is 0. The maximum atomic E-state index is 12.5. The number of hydrogen-bond acceptors (Lipinski definition) is 3. The third-order valence-electron chi connectivity index (χ3n) is 1.84. The summed E-state index contributed by atoms with van der Waals surface area (Å²) in [4.78, 5) is 23.7. The highest BCUT2D eigenvalue weighted by Crippen LogP contribution is 2.07. The van der Waals surface area contributed by atoms with Crippen molar-refractivity contribution in [2.45, 2.75) is 12.5 Å². The predicted octanol–water partition coefficient (Wildman–Crippen LogP) is 1.16. The Labute approximate surface area is 85.1 Å². The minimum atomic E-state index is -1.21. The largest absolute Gasteiger partial charge is 0.480 e. The third-order valence-corrected chi connectivity index (χ3v) is 1.84. The van der Waals surface area contributed by atoms with Crippen LogP contribution in [0.25, 0.3) is 0 Å². The van der Waals surface area contributed by atoms with E-state index >= 15 is 0 Å². The van der Waals surface area contributed by atoms with Gasteiger partial charge in [-0.15, -0.1) is 0 Å². The number of carboxylic acids is 1. The lowest BCUT2D eigenvalue weighted by Crippen LogP contribution is -2.20. The van der Waals surface area contributed by atoms with Crippen LogP contribution in [0, 0.1) is 5.82 Å². The first-order valence-electron chi connectivity index (χ1n) is 4.17. The second-order valence-electron chi connectivity index (χ2n) is 2.91. The van der Waals surface area contributed by atoms with E-state index in [9.17, 15) is 14.0 Å². The quantitative estimate of drug-likeness (QED) is 0.597. The van der Waals surface area contributed by atoms with Crippen molar-refractivity contribution in [3.63, 3.8) is 0 Å². The minimum absolute atomic E-state index is 0.0465. The van der Waals surface area contributed by atoms with Gasteiger partial charge in [0.05, 0.1) is 0 Å². The molecule has 0 saturated carbocycles. The average molecular weight is 209 g/mol. The second-order valence-corrected chi connectivity index (χ2v) is 2.91. The molecule has 5 heteroatoms. The predicted molar refractivity (Wildman–Crippen MR) is 49.6 cm³/mol. The van der Waals surface area contributed by atoms with Gasteiger partial charge in [-0.05, 0) is 17.7 Å². The van der Waals surface area contributed by atoms with Crippen LogP contribution in [-0.4, -0.2) is 23.2 Å². The van der Waals surface area contributed by atoms with Gasteiger partial charge in [0.15, 0.2) is 6.04 Å². The highest BCUT2D eigenvalue weighted by molar-refractivity contribution is 5.75. The zero-order valence-corrected chi connectivity index (χ0v) is 7.68. The van der Waals surface area contributed by atoms with E-state index in [0.29, 0.717) is 5.56 Å². The topological polar surface area (TPSA) is 66.7 Å². The number of isocyanates is 1. The number of hydrogen-bond donors (Lipinski definition) is 1. The summed E-state index contributed by atoms with van der Waals surface area (Å²) in [5.41, 5.74) is 0.600. The highest BCUT2D eigenvalue weighted by Gasteiger charge is 2.16. The van der Waals surface area contributed by atoms with E-state index < -0.39 is 17.8 Å². The first-order chi connectivity index (χ1) is 7.13. The molecule has 0 aliphatic heterocycles. The molecule has 0 aliphatic rings. The summed E-state index contributed by atoms with van der Waals surface area (Å²) in [5, 5.41) is 8.67. The number of aliphatic carboxylic acids is 1. The highest BCUT2D eigenvalue weighted by atomic mass is 19.1. The van der Waals surface area contributed by atoms with Crippen LogP contribution in [-0.2, 0) is 16.0 Å². The number of carboxylic acid groups (broad SMARTS) is 1.